The predicted octanol–water partition coefficient (Wildman–Crippen LogP) is 3.23. The van der Waals surface area contributed by atoms with Crippen LogP contribution in [-0.2, 0) is 4.79 Å². The van der Waals surface area contributed by atoms with Crippen LogP contribution in [0.5, 0.6) is 0 Å². The Balaban J connectivity index is 2.04. The molecular weight excluding hydrogens is 210 g/mol. The van der Waals surface area contributed by atoms with E-state index in [0.717, 1.165) is 11.5 Å². The van der Waals surface area contributed by atoms with Crippen LogP contribution in [-0.4, -0.2) is 5.91 Å². The van der Waals surface area contributed by atoms with E-state index < -0.39 is 5.91 Å². The van der Waals surface area contributed by atoms with Gasteiger partial charge in [-0.25, -0.2) is 0 Å². The quantitative estimate of drug-likeness (QED) is 0.794. The van der Waals surface area contributed by atoms with Crippen molar-refractivity contribution in [1.82, 2.24) is 0 Å². The number of amides is 1. The number of hydrogen-bond acceptors (Lipinski definition) is 1. The third kappa shape index (κ3) is 3.45. The van der Waals surface area contributed by atoms with Gasteiger partial charge in [0.15, 0.2) is 0 Å². The molecule has 2 heteroatoms. The molecule has 0 aliphatic heterocycles. The maximum Gasteiger partial charge on any atom is 0.241 e. The van der Waals surface area contributed by atoms with Gasteiger partial charge < -0.3 is 5.73 Å². The predicted molar refractivity (Wildman–Crippen MR) is 70.5 cm³/mol. The summed E-state index contributed by atoms with van der Waals surface area (Å²) in [5, 5.41) is 0. The molecule has 1 saturated carbocycles. The molecule has 0 unspecified atom stereocenters. The van der Waals surface area contributed by atoms with Gasteiger partial charge in [-0.05, 0) is 36.0 Å². The summed E-state index contributed by atoms with van der Waals surface area (Å²) in [5.74, 6) is 0.333. The summed E-state index contributed by atoms with van der Waals surface area (Å²) in [4.78, 5) is 10.6. The van der Waals surface area contributed by atoms with Gasteiger partial charge in [-0.15, -0.1) is 0 Å². The van der Waals surface area contributed by atoms with E-state index in [4.69, 9.17) is 5.73 Å². The second-order valence-electron chi connectivity index (χ2n) is 4.74. The Morgan fingerprint density at radius 1 is 1.12 bits per heavy atom. The zero-order valence-corrected chi connectivity index (χ0v) is 10.1. The summed E-state index contributed by atoms with van der Waals surface area (Å²) in [5.41, 5.74) is 7.52. The average Bonchev–Trinajstić information content (AvgIpc) is 2.38. The van der Waals surface area contributed by atoms with Crippen LogP contribution in [0.15, 0.2) is 30.3 Å². The summed E-state index contributed by atoms with van der Waals surface area (Å²) in [6.07, 6.45) is 9.88. The second-order valence-corrected chi connectivity index (χ2v) is 4.74. The Bertz CT molecular complexity index is 399. The minimum absolute atomic E-state index is 0.402. The van der Waals surface area contributed by atoms with Crippen molar-refractivity contribution in [2.24, 2.45) is 5.73 Å². The van der Waals surface area contributed by atoms with Gasteiger partial charge in [0, 0.05) is 6.08 Å². The highest BCUT2D eigenvalue weighted by Crippen LogP contribution is 2.32. The van der Waals surface area contributed by atoms with Gasteiger partial charge in [-0.1, -0.05) is 43.5 Å². The lowest BCUT2D eigenvalue weighted by Gasteiger charge is -2.21. The van der Waals surface area contributed by atoms with Gasteiger partial charge in [0.05, 0.1) is 0 Å². The summed E-state index contributed by atoms with van der Waals surface area (Å²) in [6, 6.07) is 8.47. The van der Waals surface area contributed by atoms with Crippen molar-refractivity contribution in [2.75, 3.05) is 0 Å². The maximum absolute atomic E-state index is 10.6. The molecule has 1 amide bonds. The Kier molecular flexibility index (Phi) is 3.97. The summed E-state index contributed by atoms with van der Waals surface area (Å²) >= 11 is 0. The van der Waals surface area contributed by atoms with E-state index in [0.29, 0.717) is 0 Å². The van der Waals surface area contributed by atoms with E-state index in [9.17, 15) is 4.79 Å². The summed E-state index contributed by atoms with van der Waals surface area (Å²) in [6.45, 7) is 0. The third-order valence-corrected chi connectivity index (χ3v) is 3.45. The van der Waals surface area contributed by atoms with E-state index in [-0.39, 0.29) is 0 Å². The number of nitrogens with two attached hydrogens (primary N) is 1. The first-order valence-corrected chi connectivity index (χ1v) is 6.33. The molecule has 1 aromatic rings. The summed E-state index contributed by atoms with van der Waals surface area (Å²) < 4.78 is 0. The van der Waals surface area contributed by atoms with E-state index >= 15 is 0 Å². The molecule has 0 heterocycles. The molecule has 2 rings (SSSR count). The highest BCUT2D eigenvalue weighted by Gasteiger charge is 2.14. The van der Waals surface area contributed by atoms with Gasteiger partial charge in [-0.2, -0.15) is 0 Å². The van der Waals surface area contributed by atoms with E-state index in [1.54, 1.807) is 6.08 Å². The van der Waals surface area contributed by atoms with Crippen LogP contribution in [0.3, 0.4) is 0 Å². The molecule has 2 N–H and O–H groups in total. The van der Waals surface area contributed by atoms with Crippen LogP contribution in [0, 0.1) is 0 Å². The number of carbonyl (C=O) groups excluding carboxylic acids is 1. The molecule has 0 spiro atoms. The zero-order valence-electron chi connectivity index (χ0n) is 10.1. The van der Waals surface area contributed by atoms with Crippen molar-refractivity contribution >= 4 is 12.0 Å². The van der Waals surface area contributed by atoms with Crippen molar-refractivity contribution in [3.05, 3.63) is 41.5 Å². The minimum Gasteiger partial charge on any atom is -0.366 e. The first kappa shape index (κ1) is 11.9. The average molecular weight is 229 g/mol. The largest absolute Gasteiger partial charge is 0.366 e. The van der Waals surface area contributed by atoms with Crippen LogP contribution < -0.4 is 5.73 Å². The SMILES string of the molecule is NC(=O)C=Cc1ccc(C2CCCCC2)cc1. The number of hydrogen-bond donors (Lipinski definition) is 1. The molecule has 1 aromatic carbocycles. The van der Waals surface area contributed by atoms with Crippen molar-refractivity contribution in [1.29, 1.82) is 0 Å². The van der Waals surface area contributed by atoms with Crippen LogP contribution in [0.4, 0.5) is 0 Å². The number of benzene rings is 1. The highest BCUT2D eigenvalue weighted by atomic mass is 16.1. The normalized spacial score (nSPS) is 17.4. The van der Waals surface area contributed by atoms with Crippen LogP contribution in [0.25, 0.3) is 6.08 Å². The lowest BCUT2D eigenvalue weighted by Crippen LogP contribution is -2.05. The van der Waals surface area contributed by atoms with Crippen molar-refractivity contribution in [3.63, 3.8) is 0 Å². The van der Waals surface area contributed by atoms with E-state index in [1.165, 1.54) is 43.7 Å². The van der Waals surface area contributed by atoms with Crippen molar-refractivity contribution in [2.45, 2.75) is 38.0 Å². The number of carbonyl (C=O) groups is 1. The van der Waals surface area contributed by atoms with Crippen LogP contribution >= 0.6 is 0 Å². The van der Waals surface area contributed by atoms with Gasteiger partial charge >= 0.3 is 0 Å². The minimum atomic E-state index is -0.402. The Hall–Kier alpha value is -1.57. The first-order chi connectivity index (χ1) is 8.25. The lowest BCUT2D eigenvalue weighted by atomic mass is 9.84. The maximum atomic E-state index is 10.6. The van der Waals surface area contributed by atoms with Gasteiger partial charge in [0.2, 0.25) is 5.91 Å². The molecule has 0 aromatic heterocycles. The summed E-state index contributed by atoms with van der Waals surface area (Å²) in [7, 11) is 0. The first-order valence-electron chi connectivity index (χ1n) is 6.33. The zero-order chi connectivity index (χ0) is 12.1. The third-order valence-electron chi connectivity index (χ3n) is 3.45. The Labute approximate surface area is 103 Å². The molecule has 17 heavy (non-hydrogen) atoms. The lowest BCUT2D eigenvalue weighted by molar-refractivity contribution is -0.113. The molecule has 1 aliphatic carbocycles. The molecule has 0 atom stereocenters. The fraction of sp³-hybridized carbons (Fsp3) is 0.400. The smallest absolute Gasteiger partial charge is 0.241 e. The fourth-order valence-corrected chi connectivity index (χ4v) is 2.49. The Morgan fingerprint density at radius 3 is 2.35 bits per heavy atom. The van der Waals surface area contributed by atoms with Crippen molar-refractivity contribution < 1.29 is 4.79 Å². The fourth-order valence-electron chi connectivity index (χ4n) is 2.49. The van der Waals surface area contributed by atoms with Crippen molar-refractivity contribution in [3.8, 4) is 0 Å². The van der Waals surface area contributed by atoms with Crippen LogP contribution in [0.1, 0.15) is 49.1 Å². The molecule has 1 fully saturated rings. The molecule has 2 nitrogen and oxygen atoms in total. The van der Waals surface area contributed by atoms with E-state index in [1.807, 2.05) is 0 Å². The van der Waals surface area contributed by atoms with E-state index in [2.05, 4.69) is 24.3 Å². The second kappa shape index (κ2) is 5.67. The molecule has 0 saturated heterocycles. The molecular formula is C15H19NO. The molecule has 1 aliphatic rings. The van der Waals surface area contributed by atoms with Gasteiger partial charge in [-0.3, -0.25) is 4.79 Å². The van der Waals surface area contributed by atoms with Crippen LogP contribution in [0.2, 0.25) is 0 Å². The standard InChI is InChI=1S/C15H19NO/c16-15(17)11-8-12-6-9-14(10-7-12)13-4-2-1-3-5-13/h6-11,13H,1-5H2,(H2,16,17). The number of rotatable bonds is 3. The topological polar surface area (TPSA) is 43.1 Å². The highest BCUT2D eigenvalue weighted by molar-refractivity contribution is 5.90. The Morgan fingerprint density at radius 2 is 1.76 bits per heavy atom. The monoisotopic (exact) mass is 229 g/mol. The molecule has 0 bridgehead atoms. The van der Waals surface area contributed by atoms with Gasteiger partial charge in [0.1, 0.15) is 0 Å². The molecule has 90 valence electrons. The van der Waals surface area contributed by atoms with Gasteiger partial charge in [0.25, 0.3) is 0 Å². The number of primary amides is 1. The molecule has 0 radical (unpaired) electrons.